The van der Waals surface area contributed by atoms with E-state index in [1.54, 1.807) is 12.1 Å². The number of benzene rings is 3. The number of aliphatic imine (C=N–C) groups is 1. The number of hydrogen-bond donors (Lipinski definition) is 0. The van der Waals surface area contributed by atoms with Crippen molar-refractivity contribution in [3.8, 4) is 11.5 Å². The highest BCUT2D eigenvalue weighted by Gasteiger charge is 2.40. The Kier molecular flexibility index (Phi) is 5.60. The van der Waals surface area contributed by atoms with Crippen LogP contribution >= 0.6 is 0 Å². The van der Waals surface area contributed by atoms with Gasteiger partial charge in [-0.15, -0.1) is 0 Å². The topological polar surface area (TPSA) is 38.4 Å². The predicted octanol–water partition coefficient (Wildman–Crippen LogP) is 8.13. The van der Waals surface area contributed by atoms with Gasteiger partial charge in [-0.25, -0.2) is 13.8 Å². The number of oxazole rings is 1. The van der Waals surface area contributed by atoms with E-state index in [2.05, 4.69) is 9.98 Å². The standard InChI is InChI=1S/C25H14F8N2O/c26-16-2-1-3-17(27)21(16)19-9-8-18(34-19)12-4-6-13(7-5-12)23-35-20-11-14(24(28,29)30)10-15(22(20)36-23)25(31,32)33/h1-7,10-11,18H,8-9H2. The van der Waals surface area contributed by atoms with Crippen LogP contribution in [0.3, 0.4) is 0 Å². The van der Waals surface area contributed by atoms with Crippen molar-refractivity contribution in [3.05, 3.63) is 88.5 Å². The van der Waals surface area contributed by atoms with E-state index < -0.39 is 52.3 Å². The molecule has 2 heterocycles. The van der Waals surface area contributed by atoms with Crippen LogP contribution in [0, 0.1) is 11.6 Å². The zero-order valence-corrected chi connectivity index (χ0v) is 18.0. The smallest absolute Gasteiger partial charge is 0.420 e. The molecule has 0 spiro atoms. The molecule has 0 saturated carbocycles. The van der Waals surface area contributed by atoms with Gasteiger partial charge < -0.3 is 4.42 Å². The first-order valence-corrected chi connectivity index (χ1v) is 10.6. The van der Waals surface area contributed by atoms with Crippen molar-refractivity contribution in [1.82, 2.24) is 4.98 Å². The van der Waals surface area contributed by atoms with Crippen molar-refractivity contribution in [3.63, 3.8) is 0 Å². The van der Waals surface area contributed by atoms with Crippen LogP contribution < -0.4 is 0 Å². The highest BCUT2D eigenvalue weighted by Crippen LogP contribution is 2.41. The Hall–Kier alpha value is -3.76. The summed E-state index contributed by atoms with van der Waals surface area (Å²) in [5.41, 5.74) is -3.41. The van der Waals surface area contributed by atoms with Crippen LogP contribution in [0.25, 0.3) is 22.6 Å². The third-order valence-corrected chi connectivity index (χ3v) is 5.88. The summed E-state index contributed by atoms with van der Waals surface area (Å²) in [6.07, 6.45) is -9.26. The third-order valence-electron chi connectivity index (χ3n) is 5.88. The SMILES string of the molecule is Fc1cccc(F)c1C1=NC(c2ccc(-c3nc4cc(C(F)(F)F)cc(C(F)(F)F)c4o3)cc2)CC1. The summed E-state index contributed by atoms with van der Waals surface area (Å²) in [6, 6.07) is 9.81. The molecule has 0 aliphatic carbocycles. The van der Waals surface area contributed by atoms with Crippen molar-refractivity contribution < 1.29 is 39.5 Å². The van der Waals surface area contributed by atoms with Gasteiger partial charge in [0, 0.05) is 11.3 Å². The summed E-state index contributed by atoms with van der Waals surface area (Å²) in [4.78, 5) is 8.28. The maximum atomic E-state index is 14.1. The average molecular weight is 510 g/mol. The van der Waals surface area contributed by atoms with Crippen LogP contribution in [0.15, 0.2) is 64.0 Å². The molecule has 1 aliphatic heterocycles. The summed E-state index contributed by atoms with van der Waals surface area (Å²) >= 11 is 0. The predicted molar refractivity (Wildman–Crippen MR) is 114 cm³/mol. The number of fused-ring (bicyclic) bond motifs is 1. The Morgan fingerprint density at radius 2 is 1.50 bits per heavy atom. The largest absolute Gasteiger partial charge is 0.435 e. The van der Waals surface area contributed by atoms with E-state index in [1.165, 1.54) is 18.2 Å². The van der Waals surface area contributed by atoms with Crippen LogP contribution in [0.5, 0.6) is 0 Å². The molecule has 4 aromatic rings. The Bertz CT molecular complexity index is 1460. The number of alkyl halides is 6. The van der Waals surface area contributed by atoms with Gasteiger partial charge in [-0.1, -0.05) is 18.2 Å². The van der Waals surface area contributed by atoms with Crippen molar-refractivity contribution in [2.24, 2.45) is 4.99 Å². The van der Waals surface area contributed by atoms with Crippen molar-refractivity contribution >= 4 is 16.8 Å². The van der Waals surface area contributed by atoms with E-state index in [4.69, 9.17) is 4.42 Å². The summed E-state index contributed by atoms with van der Waals surface area (Å²) in [6.45, 7) is 0. The second-order valence-corrected chi connectivity index (χ2v) is 8.24. The number of nitrogens with zero attached hydrogens (tertiary/aromatic N) is 2. The fourth-order valence-corrected chi connectivity index (χ4v) is 4.17. The molecule has 11 heteroatoms. The maximum absolute atomic E-state index is 14.1. The van der Waals surface area contributed by atoms with Gasteiger partial charge >= 0.3 is 12.4 Å². The van der Waals surface area contributed by atoms with Crippen LogP contribution in [0.2, 0.25) is 0 Å². The lowest BCUT2D eigenvalue weighted by Gasteiger charge is -2.11. The van der Waals surface area contributed by atoms with Gasteiger partial charge in [0.25, 0.3) is 0 Å². The first kappa shape index (κ1) is 24.0. The highest BCUT2D eigenvalue weighted by molar-refractivity contribution is 6.02. The highest BCUT2D eigenvalue weighted by atomic mass is 19.4. The second kappa shape index (κ2) is 8.42. The van der Waals surface area contributed by atoms with Crippen LogP contribution in [-0.4, -0.2) is 10.7 Å². The summed E-state index contributed by atoms with van der Waals surface area (Å²) in [5.74, 6) is -1.72. The molecule has 1 unspecified atom stereocenters. The number of hydrogen-bond acceptors (Lipinski definition) is 3. The molecule has 1 aromatic heterocycles. The molecule has 0 amide bonds. The zero-order valence-electron chi connectivity index (χ0n) is 18.0. The molecule has 5 rings (SSSR count). The van der Waals surface area contributed by atoms with E-state index in [0.29, 0.717) is 30.2 Å². The van der Waals surface area contributed by atoms with Gasteiger partial charge in [0.05, 0.1) is 17.2 Å². The molecule has 0 bridgehead atoms. The van der Waals surface area contributed by atoms with Crippen LogP contribution in [-0.2, 0) is 12.4 Å². The first-order chi connectivity index (χ1) is 16.9. The van der Waals surface area contributed by atoms with Gasteiger partial charge in [0.2, 0.25) is 5.89 Å². The van der Waals surface area contributed by atoms with Gasteiger partial charge in [-0.3, -0.25) is 4.99 Å². The fourth-order valence-electron chi connectivity index (χ4n) is 4.17. The summed E-state index contributed by atoms with van der Waals surface area (Å²) < 4.78 is 113. The average Bonchev–Trinajstić information content (AvgIpc) is 3.45. The molecule has 3 nitrogen and oxygen atoms in total. The van der Waals surface area contributed by atoms with Crippen LogP contribution in [0.4, 0.5) is 35.1 Å². The molecule has 0 radical (unpaired) electrons. The normalized spacial score (nSPS) is 16.6. The molecule has 1 aliphatic rings. The summed E-state index contributed by atoms with van der Waals surface area (Å²) in [7, 11) is 0. The molecule has 36 heavy (non-hydrogen) atoms. The van der Waals surface area contributed by atoms with Gasteiger partial charge in [0.15, 0.2) is 5.58 Å². The van der Waals surface area contributed by atoms with Crippen LogP contribution in [0.1, 0.15) is 41.1 Å². The number of aromatic nitrogens is 1. The van der Waals surface area contributed by atoms with Gasteiger partial charge in [0.1, 0.15) is 22.7 Å². The van der Waals surface area contributed by atoms with E-state index in [1.807, 2.05) is 0 Å². The van der Waals surface area contributed by atoms with E-state index in [9.17, 15) is 35.1 Å². The minimum atomic E-state index is -5.09. The first-order valence-electron chi connectivity index (χ1n) is 10.6. The molecule has 0 N–H and O–H groups in total. The van der Waals surface area contributed by atoms with E-state index in [-0.39, 0.29) is 23.1 Å². The zero-order chi connectivity index (χ0) is 25.8. The van der Waals surface area contributed by atoms with Gasteiger partial charge in [-0.05, 0) is 54.8 Å². The molecule has 0 saturated heterocycles. The molecule has 3 aromatic carbocycles. The molecule has 186 valence electrons. The second-order valence-electron chi connectivity index (χ2n) is 8.24. The number of halogens is 8. The van der Waals surface area contributed by atoms with Crippen molar-refractivity contribution in [1.29, 1.82) is 0 Å². The molecular weight excluding hydrogens is 496 g/mol. The Morgan fingerprint density at radius 1 is 0.833 bits per heavy atom. The number of rotatable bonds is 3. The van der Waals surface area contributed by atoms with E-state index in [0.717, 1.165) is 12.1 Å². The van der Waals surface area contributed by atoms with Gasteiger partial charge in [-0.2, -0.15) is 26.3 Å². The Labute approximate surface area is 198 Å². The lowest BCUT2D eigenvalue weighted by Crippen LogP contribution is -2.10. The Morgan fingerprint density at radius 3 is 2.11 bits per heavy atom. The fraction of sp³-hybridized carbons (Fsp3) is 0.200. The third kappa shape index (κ3) is 4.33. The molecule has 0 fully saturated rings. The summed E-state index contributed by atoms with van der Waals surface area (Å²) in [5, 5.41) is 0. The lowest BCUT2D eigenvalue weighted by molar-refractivity contribution is -0.142. The van der Waals surface area contributed by atoms with Crippen molar-refractivity contribution in [2.45, 2.75) is 31.2 Å². The monoisotopic (exact) mass is 510 g/mol. The Balaban J connectivity index is 1.47. The van der Waals surface area contributed by atoms with Crippen molar-refractivity contribution in [2.75, 3.05) is 0 Å². The lowest BCUT2D eigenvalue weighted by atomic mass is 10.0. The minimum absolute atomic E-state index is 0.00548. The van der Waals surface area contributed by atoms with E-state index >= 15 is 0 Å². The minimum Gasteiger partial charge on any atom is -0.435 e. The molecular formula is C25H14F8N2O. The molecule has 1 atom stereocenters. The maximum Gasteiger partial charge on any atom is 0.420 e. The quantitative estimate of drug-likeness (QED) is 0.261.